The molecule has 0 bridgehead atoms. The summed E-state index contributed by atoms with van der Waals surface area (Å²) in [6.45, 7) is 4.04. The lowest BCUT2D eigenvalue weighted by molar-refractivity contribution is 0.0691. The summed E-state index contributed by atoms with van der Waals surface area (Å²) in [5.74, 6) is -0.324. The number of nitrogens with zero attached hydrogens (tertiary/aromatic N) is 3. The number of para-hydroxylation sites is 1. The standard InChI is InChI=1S/C13H16N4O3/c1-8(2)17-11(15-7-16-17)6-20-12-9(13(18)19)4-3-5-10(12)14/h3-5,7-8H,6,14H2,1-2H3,(H,18,19). The second-order valence-electron chi connectivity index (χ2n) is 4.53. The minimum absolute atomic E-state index is 0.0283. The molecular formula is C13H16N4O3. The van der Waals surface area contributed by atoms with Gasteiger partial charge in [-0.2, -0.15) is 5.10 Å². The molecule has 1 heterocycles. The van der Waals surface area contributed by atoms with E-state index in [2.05, 4.69) is 10.1 Å². The van der Waals surface area contributed by atoms with Gasteiger partial charge in [-0.1, -0.05) is 6.07 Å². The topological polar surface area (TPSA) is 103 Å². The highest BCUT2D eigenvalue weighted by Crippen LogP contribution is 2.27. The third-order valence-electron chi connectivity index (χ3n) is 2.76. The van der Waals surface area contributed by atoms with Crippen LogP contribution < -0.4 is 10.5 Å². The first-order valence-corrected chi connectivity index (χ1v) is 6.13. The maximum atomic E-state index is 11.1. The molecule has 106 valence electrons. The molecule has 0 atom stereocenters. The van der Waals surface area contributed by atoms with Crippen molar-refractivity contribution < 1.29 is 14.6 Å². The Balaban J connectivity index is 2.23. The average Bonchev–Trinajstić information content (AvgIpc) is 2.85. The Bertz CT molecular complexity index is 622. The molecule has 1 aromatic carbocycles. The van der Waals surface area contributed by atoms with Gasteiger partial charge in [0.25, 0.3) is 0 Å². The zero-order valence-corrected chi connectivity index (χ0v) is 11.3. The molecule has 0 aliphatic heterocycles. The number of aromatic carboxylic acids is 1. The Hall–Kier alpha value is -2.57. The van der Waals surface area contributed by atoms with Gasteiger partial charge in [-0.3, -0.25) is 0 Å². The van der Waals surface area contributed by atoms with Crippen molar-refractivity contribution in [1.29, 1.82) is 0 Å². The minimum atomic E-state index is -1.09. The number of ether oxygens (including phenoxy) is 1. The van der Waals surface area contributed by atoms with E-state index in [4.69, 9.17) is 15.6 Å². The van der Waals surface area contributed by atoms with Crippen LogP contribution in [0.25, 0.3) is 0 Å². The van der Waals surface area contributed by atoms with Crippen LogP contribution >= 0.6 is 0 Å². The summed E-state index contributed by atoms with van der Waals surface area (Å²) >= 11 is 0. The molecule has 0 aliphatic rings. The molecular weight excluding hydrogens is 260 g/mol. The van der Waals surface area contributed by atoms with Gasteiger partial charge in [0.2, 0.25) is 0 Å². The van der Waals surface area contributed by atoms with Gasteiger partial charge in [-0.05, 0) is 26.0 Å². The second kappa shape index (κ2) is 5.60. The van der Waals surface area contributed by atoms with Gasteiger partial charge in [0.05, 0.1) is 5.69 Å². The molecule has 0 saturated carbocycles. The van der Waals surface area contributed by atoms with Gasteiger partial charge in [0.1, 0.15) is 18.5 Å². The predicted octanol–water partition coefficient (Wildman–Crippen LogP) is 1.72. The minimum Gasteiger partial charge on any atom is -0.483 e. The highest BCUT2D eigenvalue weighted by Gasteiger charge is 2.15. The van der Waals surface area contributed by atoms with Crippen molar-refractivity contribution in [3.05, 3.63) is 35.9 Å². The molecule has 2 rings (SSSR count). The molecule has 0 unspecified atom stereocenters. The van der Waals surface area contributed by atoms with Crippen LogP contribution in [0.5, 0.6) is 5.75 Å². The molecule has 0 radical (unpaired) electrons. The van der Waals surface area contributed by atoms with E-state index in [0.29, 0.717) is 5.82 Å². The zero-order valence-electron chi connectivity index (χ0n) is 11.3. The van der Waals surface area contributed by atoms with Crippen molar-refractivity contribution in [3.8, 4) is 5.75 Å². The Morgan fingerprint density at radius 1 is 1.50 bits per heavy atom. The molecule has 7 nitrogen and oxygen atoms in total. The molecule has 0 aliphatic carbocycles. The highest BCUT2D eigenvalue weighted by atomic mass is 16.5. The summed E-state index contributed by atoms with van der Waals surface area (Å²) in [6, 6.07) is 4.75. The normalized spacial score (nSPS) is 10.8. The van der Waals surface area contributed by atoms with Crippen LogP contribution in [0.15, 0.2) is 24.5 Å². The first-order valence-electron chi connectivity index (χ1n) is 6.13. The fourth-order valence-electron chi connectivity index (χ4n) is 1.83. The van der Waals surface area contributed by atoms with E-state index in [1.54, 1.807) is 16.8 Å². The largest absolute Gasteiger partial charge is 0.483 e. The smallest absolute Gasteiger partial charge is 0.339 e. The monoisotopic (exact) mass is 276 g/mol. The van der Waals surface area contributed by atoms with E-state index >= 15 is 0 Å². The van der Waals surface area contributed by atoms with Crippen LogP contribution in [-0.2, 0) is 6.61 Å². The molecule has 3 N–H and O–H groups in total. The van der Waals surface area contributed by atoms with E-state index in [1.165, 1.54) is 12.4 Å². The Morgan fingerprint density at radius 2 is 2.25 bits per heavy atom. The number of hydrogen-bond donors (Lipinski definition) is 2. The number of aromatic nitrogens is 3. The third kappa shape index (κ3) is 2.71. The van der Waals surface area contributed by atoms with Gasteiger partial charge < -0.3 is 15.6 Å². The van der Waals surface area contributed by atoms with Gasteiger partial charge in [0.15, 0.2) is 11.6 Å². The van der Waals surface area contributed by atoms with Crippen LogP contribution in [0.1, 0.15) is 36.1 Å². The van der Waals surface area contributed by atoms with Crippen molar-refractivity contribution >= 4 is 11.7 Å². The van der Waals surface area contributed by atoms with Gasteiger partial charge >= 0.3 is 5.97 Å². The van der Waals surface area contributed by atoms with Gasteiger partial charge in [0, 0.05) is 6.04 Å². The Kier molecular flexibility index (Phi) is 3.88. The summed E-state index contributed by atoms with van der Waals surface area (Å²) in [4.78, 5) is 15.2. The quantitative estimate of drug-likeness (QED) is 0.806. The van der Waals surface area contributed by atoms with Crippen LogP contribution in [0.3, 0.4) is 0 Å². The summed E-state index contributed by atoms with van der Waals surface area (Å²) in [7, 11) is 0. The fraction of sp³-hybridized carbons (Fsp3) is 0.308. The summed E-state index contributed by atoms with van der Waals surface area (Å²) in [5.41, 5.74) is 6.07. The second-order valence-corrected chi connectivity index (χ2v) is 4.53. The van der Waals surface area contributed by atoms with Crippen LogP contribution in [-0.4, -0.2) is 25.8 Å². The molecule has 0 saturated heterocycles. The predicted molar refractivity (Wildman–Crippen MR) is 72.6 cm³/mol. The first kappa shape index (κ1) is 13.9. The van der Waals surface area contributed by atoms with E-state index in [9.17, 15) is 4.79 Å². The van der Waals surface area contributed by atoms with E-state index in [-0.39, 0.29) is 29.6 Å². The SMILES string of the molecule is CC(C)n1ncnc1COc1c(N)cccc1C(=O)O. The van der Waals surface area contributed by atoms with Crippen molar-refractivity contribution in [2.75, 3.05) is 5.73 Å². The highest BCUT2D eigenvalue weighted by molar-refractivity contribution is 5.93. The maximum absolute atomic E-state index is 11.1. The van der Waals surface area contributed by atoms with Crippen LogP contribution in [0, 0.1) is 0 Å². The molecule has 7 heteroatoms. The molecule has 20 heavy (non-hydrogen) atoms. The summed E-state index contributed by atoms with van der Waals surface area (Å²) < 4.78 is 7.24. The lowest BCUT2D eigenvalue weighted by Gasteiger charge is -2.13. The van der Waals surface area contributed by atoms with E-state index in [0.717, 1.165) is 0 Å². The van der Waals surface area contributed by atoms with Crippen molar-refractivity contribution in [2.24, 2.45) is 0 Å². The van der Waals surface area contributed by atoms with Crippen molar-refractivity contribution in [3.63, 3.8) is 0 Å². The van der Waals surface area contributed by atoms with Crippen LogP contribution in [0.4, 0.5) is 5.69 Å². The van der Waals surface area contributed by atoms with Crippen molar-refractivity contribution in [1.82, 2.24) is 14.8 Å². The fourth-order valence-corrected chi connectivity index (χ4v) is 1.83. The first-order chi connectivity index (χ1) is 9.50. The number of benzene rings is 1. The lowest BCUT2D eigenvalue weighted by Crippen LogP contribution is -2.12. The van der Waals surface area contributed by atoms with E-state index in [1.807, 2.05) is 13.8 Å². The third-order valence-corrected chi connectivity index (χ3v) is 2.76. The zero-order chi connectivity index (χ0) is 14.7. The molecule has 0 amide bonds. The number of carboxylic acid groups (broad SMARTS) is 1. The number of anilines is 1. The average molecular weight is 276 g/mol. The van der Waals surface area contributed by atoms with Crippen molar-refractivity contribution in [2.45, 2.75) is 26.5 Å². The molecule has 2 aromatic rings. The van der Waals surface area contributed by atoms with E-state index < -0.39 is 5.97 Å². The number of rotatable bonds is 5. The number of hydrogen-bond acceptors (Lipinski definition) is 5. The number of carbonyl (C=O) groups is 1. The van der Waals surface area contributed by atoms with Crippen LogP contribution in [0.2, 0.25) is 0 Å². The summed E-state index contributed by atoms with van der Waals surface area (Å²) in [5, 5.41) is 13.2. The molecule has 0 fully saturated rings. The number of carboxylic acids is 1. The number of nitrogens with two attached hydrogens (primary N) is 1. The Morgan fingerprint density at radius 3 is 2.90 bits per heavy atom. The molecule has 1 aromatic heterocycles. The summed E-state index contributed by atoms with van der Waals surface area (Å²) in [6.07, 6.45) is 1.44. The lowest BCUT2D eigenvalue weighted by atomic mass is 10.2. The maximum Gasteiger partial charge on any atom is 0.339 e. The van der Waals surface area contributed by atoms with Gasteiger partial charge in [-0.15, -0.1) is 0 Å². The molecule has 0 spiro atoms. The number of nitrogen functional groups attached to an aromatic ring is 1. The van der Waals surface area contributed by atoms with Gasteiger partial charge in [-0.25, -0.2) is 14.5 Å². The Labute approximate surface area is 116 Å².